The third-order valence-corrected chi connectivity index (χ3v) is 4.79. The zero-order valence-corrected chi connectivity index (χ0v) is 16.5. The molecule has 0 spiro atoms. The minimum Gasteiger partial charge on any atom is -0.491 e. The predicted octanol–water partition coefficient (Wildman–Crippen LogP) is 4.00. The molecule has 6 nitrogen and oxygen atoms in total. The number of amides is 3. The van der Waals surface area contributed by atoms with Crippen LogP contribution >= 0.6 is 27.3 Å². The van der Waals surface area contributed by atoms with Crippen molar-refractivity contribution in [2.45, 2.75) is 32.9 Å². The number of nitrogens with one attached hydrogen (secondary N) is 3. The number of halogens is 1. The quantitative estimate of drug-likeness (QED) is 0.633. The highest BCUT2D eigenvalue weighted by Crippen LogP contribution is 2.22. The fraction of sp³-hybridized carbons (Fsp3) is 0.294. The molecule has 1 heterocycles. The van der Waals surface area contributed by atoms with E-state index in [4.69, 9.17) is 4.74 Å². The summed E-state index contributed by atoms with van der Waals surface area (Å²) in [6.45, 7) is 5.76. The Hall–Kier alpha value is -2.06. The van der Waals surface area contributed by atoms with Crippen LogP contribution in [0, 0.1) is 0 Å². The molecule has 0 aliphatic carbocycles. The van der Waals surface area contributed by atoms with Gasteiger partial charge < -0.3 is 10.1 Å². The van der Waals surface area contributed by atoms with Crippen molar-refractivity contribution in [3.8, 4) is 5.75 Å². The van der Waals surface area contributed by atoms with Crippen LogP contribution in [-0.4, -0.2) is 18.0 Å². The van der Waals surface area contributed by atoms with Crippen LogP contribution in [0.1, 0.15) is 42.0 Å². The van der Waals surface area contributed by atoms with Gasteiger partial charge in [-0.2, -0.15) is 0 Å². The zero-order chi connectivity index (χ0) is 18.4. The third kappa shape index (κ3) is 6.06. The summed E-state index contributed by atoms with van der Waals surface area (Å²) in [5.74, 6) is 0.379. The van der Waals surface area contributed by atoms with Crippen molar-refractivity contribution in [1.82, 2.24) is 16.2 Å². The Balaban J connectivity index is 1.86. The number of rotatable bonds is 5. The Morgan fingerprint density at radius 2 is 1.88 bits per heavy atom. The van der Waals surface area contributed by atoms with Gasteiger partial charge >= 0.3 is 6.03 Å². The molecule has 0 radical (unpaired) electrons. The summed E-state index contributed by atoms with van der Waals surface area (Å²) in [7, 11) is 0. The van der Waals surface area contributed by atoms with Gasteiger partial charge in [-0.3, -0.25) is 10.2 Å². The molecule has 0 aliphatic heterocycles. The highest BCUT2D eigenvalue weighted by atomic mass is 79.9. The van der Waals surface area contributed by atoms with E-state index in [1.165, 1.54) is 11.3 Å². The first-order valence-corrected chi connectivity index (χ1v) is 9.35. The van der Waals surface area contributed by atoms with Gasteiger partial charge in [-0.15, -0.1) is 11.3 Å². The van der Waals surface area contributed by atoms with Crippen molar-refractivity contribution in [2.24, 2.45) is 0 Å². The number of urea groups is 1. The summed E-state index contributed by atoms with van der Waals surface area (Å²) in [5.41, 5.74) is 5.62. The lowest BCUT2D eigenvalue weighted by molar-refractivity contribution is 0.0940. The average molecular weight is 426 g/mol. The van der Waals surface area contributed by atoms with Gasteiger partial charge in [-0.1, -0.05) is 12.1 Å². The molecule has 1 aromatic heterocycles. The third-order valence-electron chi connectivity index (χ3n) is 3.16. The van der Waals surface area contributed by atoms with Crippen LogP contribution in [-0.2, 0) is 0 Å². The van der Waals surface area contributed by atoms with Crippen LogP contribution in [0.2, 0.25) is 0 Å². The van der Waals surface area contributed by atoms with Gasteiger partial charge in [0, 0.05) is 0 Å². The highest BCUT2D eigenvalue weighted by Gasteiger charge is 2.13. The van der Waals surface area contributed by atoms with Gasteiger partial charge in [-0.05, 0) is 66.5 Å². The molecule has 0 fully saturated rings. The van der Waals surface area contributed by atoms with E-state index in [1.807, 2.05) is 45.0 Å². The molecule has 1 unspecified atom stereocenters. The van der Waals surface area contributed by atoms with Gasteiger partial charge in [0.1, 0.15) is 5.75 Å². The van der Waals surface area contributed by atoms with E-state index in [-0.39, 0.29) is 18.1 Å². The first-order valence-electron chi connectivity index (χ1n) is 7.74. The summed E-state index contributed by atoms with van der Waals surface area (Å²) in [4.78, 5) is 24.3. The maximum Gasteiger partial charge on any atom is 0.333 e. The molecule has 134 valence electrons. The molecule has 1 aromatic carbocycles. The Bertz CT molecular complexity index is 748. The number of thiophene rings is 1. The van der Waals surface area contributed by atoms with E-state index in [0.717, 1.165) is 15.1 Å². The molecule has 25 heavy (non-hydrogen) atoms. The number of carbonyl (C=O) groups excluding carboxylic acids is 2. The Morgan fingerprint density at radius 1 is 1.12 bits per heavy atom. The maximum atomic E-state index is 12.0. The number of hydrazine groups is 1. The topological polar surface area (TPSA) is 79.5 Å². The monoisotopic (exact) mass is 425 g/mol. The minimum atomic E-state index is -0.494. The van der Waals surface area contributed by atoms with Gasteiger partial charge in [0.2, 0.25) is 0 Å². The van der Waals surface area contributed by atoms with Crippen LogP contribution in [0.25, 0.3) is 0 Å². The Kier molecular flexibility index (Phi) is 6.83. The molecule has 0 aliphatic rings. The molecule has 3 N–H and O–H groups in total. The van der Waals surface area contributed by atoms with Gasteiger partial charge in [0.25, 0.3) is 5.91 Å². The first-order chi connectivity index (χ1) is 11.8. The number of hydrogen-bond acceptors (Lipinski definition) is 4. The van der Waals surface area contributed by atoms with Gasteiger partial charge in [0.15, 0.2) is 0 Å². The standard InChI is InChI=1S/C17H20BrN3O3S/c1-10(2)24-13-6-4-5-12(9-13)11(3)19-17(23)21-20-16(22)14-7-8-15(18)25-14/h4-11H,1-3H3,(H,20,22)(H2,19,21,23). The fourth-order valence-electron chi connectivity index (χ4n) is 2.06. The summed E-state index contributed by atoms with van der Waals surface area (Å²) in [6.07, 6.45) is 0.0781. The fourth-order valence-corrected chi connectivity index (χ4v) is 3.34. The van der Waals surface area contributed by atoms with Crippen molar-refractivity contribution in [3.05, 3.63) is 50.6 Å². The number of carbonyl (C=O) groups is 2. The second kappa shape index (κ2) is 8.87. The lowest BCUT2D eigenvalue weighted by Gasteiger charge is -2.17. The number of ether oxygens (including phenoxy) is 1. The molecule has 2 aromatic rings. The van der Waals surface area contributed by atoms with Crippen molar-refractivity contribution in [1.29, 1.82) is 0 Å². The Labute approximate surface area is 159 Å². The minimum absolute atomic E-state index is 0.0781. The highest BCUT2D eigenvalue weighted by molar-refractivity contribution is 9.11. The van der Waals surface area contributed by atoms with Crippen molar-refractivity contribution >= 4 is 39.2 Å². The van der Waals surface area contributed by atoms with E-state index < -0.39 is 6.03 Å². The summed E-state index contributed by atoms with van der Waals surface area (Å²) in [6, 6.07) is 10.2. The zero-order valence-electron chi connectivity index (χ0n) is 14.1. The summed E-state index contributed by atoms with van der Waals surface area (Å²) in [5, 5.41) is 2.76. The largest absolute Gasteiger partial charge is 0.491 e. The first kappa shape index (κ1) is 19.3. The van der Waals surface area contributed by atoms with E-state index >= 15 is 0 Å². The number of benzene rings is 1. The number of hydrogen-bond donors (Lipinski definition) is 3. The predicted molar refractivity (Wildman–Crippen MR) is 102 cm³/mol. The molecule has 0 bridgehead atoms. The van der Waals surface area contributed by atoms with Crippen molar-refractivity contribution in [3.63, 3.8) is 0 Å². The lowest BCUT2D eigenvalue weighted by Crippen LogP contribution is -2.47. The van der Waals surface area contributed by atoms with Crippen LogP contribution < -0.4 is 20.9 Å². The van der Waals surface area contributed by atoms with Gasteiger partial charge in [0.05, 0.1) is 20.8 Å². The molecule has 8 heteroatoms. The van der Waals surface area contributed by atoms with Crippen LogP contribution in [0.15, 0.2) is 40.2 Å². The van der Waals surface area contributed by atoms with Crippen LogP contribution in [0.5, 0.6) is 5.75 Å². The molecule has 2 rings (SSSR count). The van der Waals surface area contributed by atoms with Crippen LogP contribution in [0.4, 0.5) is 4.79 Å². The molecular weight excluding hydrogens is 406 g/mol. The smallest absolute Gasteiger partial charge is 0.333 e. The normalized spacial score (nSPS) is 11.7. The molecular formula is C17H20BrN3O3S. The average Bonchev–Trinajstić information content (AvgIpc) is 2.99. The van der Waals surface area contributed by atoms with E-state index in [0.29, 0.717) is 4.88 Å². The molecule has 0 saturated heterocycles. The second-order valence-corrected chi connectivity index (χ2v) is 8.08. The van der Waals surface area contributed by atoms with E-state index in [2.05, 4.69) is 32.1 Å². The SMILES string of the molecule is CC(C)Oc1cccc(C(C)NC(=O)NNC(=O)c2ccc(Br)s2)c1. The second-order valence-electron chi connectivity index (χ2n) is 5.62. The summed E-state index contributed by atoms with van der Waals surface area (Å²) >= 11 is 4.57. The van der Waals surface area contributed by atoms with Crippen molar-refractivity contribution < 1.29 is 14.3 Å². The van der Waals surface area contributed by atoms with Crippen LogP contribution in [0.3, 0.4) is 0 Å². The van der Waals surface area contributed by atoms with Gasteiger partial charge in [-0.25, -0.2) is 10.2 Å². The van der Waals surface area contributed by atoms with E-state index in [9.17, 15) is 9.59 Å². The molecule has 1 atom stereocenters. The lowest BCUT2D eigenvalue weighted by atomic mass is 10.1. The van der Waals surface area contributed by atoms with Crippen molar-refractivity contribution in [2.75, 3.05) is 0 Å². The Morgan fingerprint density at radius 3 is 2.52 bits per heavy atom. The van der Waals surface area contributed by atoms with E-state index in [1.54, 1.807) is 12.1 Å². The molecule has 0 saturated carbocycles. The summed E-state index contributed by atoms with van der Waals surface area (Å²) < 4.78 is 6.50. The maximum absolute atomic E-state index is 12.0. The molecule has 3 amide bonds.